The zero-order valence-corrected chi connectivity index (χ0v) is 12.7. The van der Waals surface area contributed by atoms with Crippen LogP contribution in [0.3, 0.4) is 0 Å². The van der Waals surface area contributed by atoms with Crippen LogP contribution in [0.4, 0.5) is 5.69 Å². The van der Waals surface area contributed by atoms with Crippen LogP contribution < -0.4 is 5.32 Å². The molecule has 1 aliphatic heterocycles. The van der Waals surface area contributed by atoms with E-state index in [0.717, 1.165) is 18.1 Å². The number of nitrogens with one attached hydrogen (secondary N) is 1. The van der Waals surface area contributed by atoms with Gasteiger partial charge < -0.3 is 5.32 Å². The van der Waals surface area contributed by atoms with Gasteiger partial charge in [-0.15, -0.1) is 11.3 Å². The summed E-state index contributed by atoms with van der Waals surface area (Å²) in [5, 5.41) is 4.62. The molecule has 0 spiro atoms. The van der Waals surface area contributed by atoms with Gasteiger partial charge in [0.05, 0.1) is 11.6 Å². The van der Waals surface area contributed by atoms with Crippen molar-refractivity contribution in [1.82, 2.24) is 9.88 Å². The molecule has 20 heavy (non-hydrogen) atoms. The summed E-state index contributed by atoms with van der Waals surface area (Å²) in [6.07, 6.45) is 4.66. The first-order valence-electron chi connectivity index (χ1n) is 7.26. The van der Waals surface area contributed by atoms with Gasteiger partial charge in [-0.1, -0.05) is 12.1 Å². The van der Waals surface area contributed by atoms with Crippen molar-refractivity contribution in [2.24, 2.45) is 0 Å². The molecule has 1 aliphatic rings. The van der Waals surface area contributed by atoms with Crippen LogP contribution in [-0.4, -0.2) is 23.0 Å². The van der Waals surface area contributed by atoms with Crippen molar-refractivity contribution in [3.63, 3.8) is 0 Å². The maximum absolute atomic E-state index is 4.29. The number of aryl methyl sites for hydroxylation is 1. The molecule has 4 heteroatoms. The average molecular weight is 287 g/mol. The van der Waals surface area contributed by atoms with Crippen LogP contribution in [0.1, 0.15) is 28.3 Å². The molecule has 3 rings (SSSR count). The molecule has 106 valence electrons. The number of hydrogen-bond acceptors (Lipinski definition) is 4. The fraction of sp³-hybridized carbons (Fsp3) is 0.438. The van der Waals surface area contributed by atoms with Gasteiger partial charge in [-0.25, -0.2) is 4.98 Å². The Kier molecular flexibility index (Phi) is 4.33. The minimum absolute atomic E-state index is 0.860. The molecule has 0 amide bonds. The maximum Gasteiger partial charge on any atom is 0.0897 e. The van der Waals surface area contributed by atoms with Crippen LogP contribution in [0.2, 0.25) is 0 Å². The predicted octanol–water partition coefficient (Wildman–Crippen LogP) is 3.66. The van der Waals surface area contributed by atoms with E-state index in [1.165, 1.54) is 42.1 Å². The predicted molar refractivity (Wildman–Crippen MR) is 85.1 cm³/mol. The highest BCUT2D eigenvalue weighted by molar-refractivity contribution is 7.11. The van der Waals surface area contributed by atoms with E-state index in [9.17, 15) is 0 Å². The quantitative estimate of drug-likeness (QED) is 0.909. The highest BCUT2D eigenvalue weighted by Gasteiger charge is 2.11. The Morgan fingerprint density at radius 2 is 2.15 bits per heavy atom. The fourth-order valence-electron chi connectivity index (χ4n) is 2.65. The smallest absolute Gasteiger partial charge is 0.0897 e. The van der Waals surface area contributed by atoms with Crippen molar-refractivity contribution in [1.29, 1.82) is 0 Å². The van der Waals surface area contributed by atoms with E-state index in [2.05, 4.69) is 39.5 Å². The van der Waals surface area contributed by atoms with Gasteiger partial charge in [0.2, 0.25) is 0 Å². The highest BCUT2D eigenvalue weighted by Crippen LogP contribution is 2.18. The highest BCUT2D eigenvalue weighted by atomic mass is 32.1. The summed E-state index contributed by atoms with van der Waals surface area (Å²) in [4.78, 5) is 8.10. The van der Waals surface area contributed by atoms with Crippen molar-refractivity contribution in [2.45, 2.75) is 32.9 Å². The van der Waals surface area contributed by atoms with E-state index in [1.807, 2.05) is 13.1 Å². The molecule has 1 aromatic carbocycles. The summed E-state index contributed by atoms with van der Waals surface area (Å²) >= 11 is 1.76. The third kappa shape index (κ3) is 3.58. The van der Waals surface area contributed by atoms with Gasteiger partial charge in [0.15, 0.2) is 0 Å². The van der Waals surface area contributed by atoms with E-state index in [1.54, 1.807) is 11.3 Å². The lowest BCUT2D eigenvalue weighted by Gasteiger charge is -2.15. The number of rotatable bonds is 5. The summed E-state index contributed by atoms with van der Waals surface area (Å²) in [5.74, 6) is 0. The molecule has 0 radical (unpaired) electrons. The number of thiazole rings is 1. The Hall–Kier alpha value is -1.39. The average Bonchev–Trinajstić information content (AvgIpc) is 3.09. The van der Waals surface area contributed by atoms with Crippen LogP contribution in [0, 0.1) is 6.92 Å². The van der Waals surface area contributed by atoms with Gasteiger partial charge in [-0.3, -0.25) is 4.90 Å². The van der Waals surface area contributed by atoms with Gasteiger partial charge in [-0.05, 0) is 50.6 Å². The summed E-state index contributed by atoms with van der Waals surface area (Å²) in [6, 6.07) is 8.78. The van der Waals surface area contributed by atoms with Gasteiger partial charge in [0.25, 0.3) is 0 Å². The Bertz CT molecular complexity index is 558. The second-order valence-corrected chi connectivity index (χ2v) is 6.70. The number of anilines is 1. The van der Waals surface area contributed by atoms with E-state index >= 15 is 0 Å². The molecule has 1 N–H and O–H groups in total. The Morgan fingerprint density at radius 3 is 2.90 bits per heavy atom. The largest absolute Gasteiger partial charge is 0.380 e. The Balaban J connectivity index is 1.58. The molecular weight excluding hydrogens is 266 g/mol. The lowest BCUT2D eigenvalue weighted by atomic mass is 10.2. The first-order valence-corrected chi connectivity index (χ1v) is 8.08. The van der Waals surface area contributed by atoms with Gasteiger partial charge in [0, 0.05) is 23.3 Å². The standard InChI is InChI=1S/C16H21N3S/c1-13-17-10-16(20-13)11-18-15-6-4-5-14(9-15)12-19-7-2-3-8-19/h4-6,9-10,18H,2-3,7-8,11-12H2,1H3. The minimum atomic E-state index is 0.860. The molecule has 1 aromatic heterocycles. The first-order chi connectivity index (χ1) is 9.79. The van der Waals surface area contributed by atoms with Gasteiger partial charge >= 0.3 is 0 Å². The van der Waals surface area contributed by atoms with Crippen molar-refractivity contribution >= 4 is 17.0 Å². The normalized spacial score (nSPS) is 15.7. The summed E-state index contributed by atoms with van der Waals surface area (Å²) < 4.78 is 0. The van der Waals surface area contributed by atoms with Crippen LogP contribution in [-0.2, 0) is 13.1 Å². The topological polar surface area (TPSA) is 28.2 Å². The second-order valence-electron chi connectivity index (χ2n) is 5.38. The molecule has 0 unspecified atom stereocenters. The van der Waals surface area contributed by atoms with Crippen LogP contribution >= 0.6 is 11.3 Å². The molecule has 1 saturated heterocycles. The molecule has 1 fully saturated rings. The van der Waals surface area contributed by atoms with Crippen LogP contribution in [0.15, 0.2) is 30.5 Å². The molecule has 0 atom stereocenters. The molecular formula is C16H21N3S. The lowest BCUT2D eigenvalue weighted by Crippen LogP contribution is -2.18. The first kappa shape index (κ1) is 13.6. The third-order valence-corrected chi connectivity index (χ3v) is 4.58. The number of benzene rings is 1. The van der Waals surface area contributed by atoms with Crippen LogP contribution in [0.25, 0.3) is 0 Å². The molecule has 2 aromatic rings. The fourth-order valence-corrected chi connectivity index (χ4v) is 3.39. The number of nitrogens with zero attached hydrogens (tertiary/aromatic N) is 2. The van der Waals surface area contributed by atoms with Gasteiger partial charge in [-0.2, -0.15) is 0 Å². The maximum atomic E-state index is 4.29. The van der Waals surface area contributed by atoms with E-state index in [0.29, 0.717) is 0 Å². The molecule has 0 saturated carbocycles. The lowest BCUT2D eigenvalue weighted by molar-refractivity contribution is 0.331. The van der Waals surface area contributed by atoms with Crippen LogP contribution in [0.5, 0.6) is 0 Å². The SMILES string of the molecule is Cc1ncc(CNc2cccc(CN3CCCC3)c2)s1. The zero-order valence-electron chi connectivity index (χ0n) is 11.9. The summed E-state index contributed by atoms with van der Waals surface area (Å²) in [6.45, 7) is 6.48. The van der Waals surface area contributed by atoms with Crippen molar-refractivity contribution in [2.75, 3.05) is 18.4 Å². The second kappa shape index (κ2) is 6.37. The van der Waals surface area contributed by atoms with E-state index < -0.39 is 0 Å². The van der Waals surface area contributed by atoms with Crippen molar-refractivity contribution in [3.8, 4) is 0 Å². The summed E-state index contributed by atoms with van der Waals surface area (Å²) in [5.41, 5.74) is 2.60. The van der Waals surface area contributed by atoms with Crippen molar-refractivity contribution < 1.29 is 0 Å². The molecule has 3 nitrogen and oxygen atoms in total. The number of aromatic nitrogens is 1. The van der Waals surface area contributed by atoms with Crippen molar-refractivity contribution in [3.05, 3.63) is 45.9 Å². The zero-order chi connectivity index (χ0) is 13.8. The van der Waals surface area contributed by atoms with Gasteiger partial charge in [0.1, 0.15) is 0 Å². The number of hydrogen-bond donors (Lipinski definition) is 1. The Labute approximate surface area is 124 Å². The number of likely N-dealkylation sites (tertiary alicyclic amines) is 1. The minimum Gasteiger partial charge on any atom is -0.380 e. The monoisotopic (exact) mass is 287 g/mol. The summed E-state index contributed by atoms with van der Waals surface area (Å²) in [7, 11) is 0. The van der Waals surface area contributed by atoms with E-state index in [-0.39, 0.29) is 0 Å². The Morgan fingerprint density at radius 1 is 1.30 bits per heavy atom. The third-order valence-electron chi connectivity index (χ3n) is 3.67. The molecule has 2 heterocycles. The van der Waals surface area contributed by atoms with E-state index in [4.69, 9.17) is 0 Å². The molecule has 0 aliphatic carbocycles. The molecule has 0 bridgehead atoms.